The molecular weight excluding hydrogens is 284 g/mol. The van der Waals surface area contributed by atoms with E-state index in [4.69, 9.17) is 6.42 Å². The van der Waals surface area contributed by atoms with Gasteiger partial charge in [0.25, 0.3) is 0 Å². The predicted octanol–water partition coefficient (Wildman–Crippen LogP) is 1.97. The molecule has 0 spiro atoms. The van der Waals surface area contributed by atoms with Crippen LogP contribution in [-0.4, -0.2) is 32.4 Å². The number of rotatable bonds is 9. The zero-order valence-corrected chi connectivity index (χ0v) is 13.6. The van der Waals surface area contributed by atoms with Crippen LogP contribution >= 0.6 is 0 Å². The Morgan fingerprint density at radius 3 is 2.33 bits per heavy atom. The fraction of sp³-hybridized carbons (Fsp3) is 0.500. The summed E-state index contributed by atoms with van der Waals surface area (Å²) >= 11 is 0. The highest BCUT2D eigenvalue weighted by Crippen LogP contribution is 2.12. The highest BCUT2D eigenvalue weighted by molar-refractivity contribution is 7.88. The molecule has 0 unspecified atom stereocenters. The molecule has 0 heterocycles. The van der Waals surface area contributed by atoms with Crippen molar-refractivity contribution in [1.29, 1.82) is 0 Å². The number of hydrogen-bond donors (Lipinski definition) is 1. The first kappa shape index (κ1) is 17.7. The van der Waals surface area contributed by atoms with E-state index in [0.717, 1.165) is 30.6 Å². The normalized spacial score (nSPS) is 11.5. The molecule has 0 bridgehead atoms. The van der Waals surface area contributed by atoms with Gasteiger partial charge in [-0.25, -0.2) is 8.42 Å². The highest BCUT2D eigenvalue weighted by atomic mass is 32.2. The third-order valence-electron chi connectivity index (χ3n) is 3.14. The molecule has 1 aromatic carbocycles. The number of nitrogens with zero attached hydrogens (tertiary/aromatic N) is 1. The number of nitrogens with one attached hydrogen (secondary N) is 1. The van der Waals surface area contributed by atoms with E-state index in [9.17, 15) is 8.42 Å². The zero-order chi connectivity index (χ0) is 15.7. The Labute approximate surface area is 128 Å². The average molecular weight is 308 g/mol. The van der Waals surface area contributed by atoms with Crippen LogP contribution in [0.25, 0.3) is 0 Å². The maximum absolute atomic E-state index is 12.2. The van der Waals surface area contributed by atoms with Gasteiger partial charge in [-0.1, -0.05) is 44.0 Å². The number of hydrogen-bond acceptors (Lipinski definition) is 3. The summed E-state index contributed by atoms with van der Waals surface area (Å²) in [6, 6.07) is 7.66. The van der Waals surface area contributed by atoms with Crippen LogP contribution in [-0.2, 0) is 22.3 Å². The topological polar surface area (TPSA) is 49.4 Å². The van der Waals surface area contributed by atoms with Crippen LogP contribution in [0.4, 0.5) is 0 Å². The Kier molecular flexibility index (Phi) is 7.44. The Hall–Kier alpha value is -1.35. The van der Waals surface area contributed by atoms with Gasteiger partial charge in [-0.15, -0.1) is 6.42 Å². The number of benzene rings is 1. The van der Waals surface area contributed by atoms with Gasteiger partial charge in [-0.2, -0.15) is 4.31 Å². The van der Waals surface area contributed by atoms with E-state index >= 15 is 0 Å². The third-order valence-corrected chi connectivity index (χ3v) is 5.01. The van der Waals surface area contributed by atoms with Crippen molar-refractivity contribution in [2.24, 2.45) is 0 Å². The lowest BCUT2D eigenvalue weighted by Crippen LogP contribution is -2.32. The van der Waals surface area contributed by atoms with Crippen molar-refractivity contribution < 1.29 is 8.42 Å². The first-order chi connectivity index (χ1) is 10.0. The second-order valence-corrected chi connectivity index (χ2v) is 6.85. The third kappa shape index (κ3) is 5.88. The van der Waals surface area contributed by atoms with Gasteiger partial charge in [-0.05, 0) is 24.1 Å². The molecule has 0 aliphatic carbocycles. The van der Waals surface area contributed by atoms with Crippen LogP contribution in [0.5, 0.6) is 0 Å². The molecule has 0 aliphatic heterocycles. The minimum atomic E-state index is -3.35. The second kappa shape index (κ2) is 8.83. The molecule has 0 aliphatic rings. The molecule has 0 saturated carbocycles. The van der Waals surface area contributed by atoms with Gasteiger partial charge in [0.05, 0.1) is 12.3 Å². The van der Waals surface area contributed by atoms with Crippen LogP contribution in [0.2, 0.25) is 0 Å². The lowest BCUT2D eigenvalue weighted by Gasteiger charge is -2.17. The van der Waals surface area contributed by atoms with Crippen molar-refractivity contribution in [2.45, 2.75) is 32.6 Å². The molecule has 116 valence electrons. The lowest BCUT2D eigenvalue weighted by molar-refractivity contribution is 0.463. The average Bonchev–Trinajstić information content (AvgIpc) is 2.46. The van der Waals surface area contributed by atoms with E-state index in [-0.39, 0.29) is 12.3 Å². The van der Waals surface area contributed by atoms with Crippen LogP contribution in [0.1, 0.15) is 31.4 Å². The fourth-order valence-corrected chi connectivity index (χ4v) is 3.43. The Morgan fingerprint density at radius 2 is 1.81 bits per heavy atom. The van der Waals surface area contributed by atoms with Crippen LogP contribution in [0.3, 0.4) is 0 Å². The SMILES string of the molecule is C#CCN(CC)S(=O)(=O)Cc1ccc(CNCCC)cc1. The number of terminal acetylenes is 1. The summed E-state index contributed by atoms with van der Waals surface area (Å²) in [7, 11) is -3.35. The fourth-order valence-electron chi connectivity index (χ4n) is 1.97. The maximum Gasteiger partial charge on any atom is 0.219 e. The summed E-state index contributed by atoms with van der Waals surface area (Å²) in [4.78, 5) is 0. The molecule has 1 aromatic rings. The molecule has 0 aromatic heterocycles. The van der Waals surface area contributed by atoms with Crippen molar-refractivity contribution in [3.8, 4) is 12.3 Å². The van der Waals surface area contributed by atoms with E-state index in [1.54, 1.807) is 6.92 Å². The molecule has 5 heteroatoms. The Morgan fingerprint density at radius 1 is 1.19 bits per heavy atom. The van der Waals surface area contributed by atoms with E-state index in [1.165, 1.54) is 4.31 Å². The first-order valence-electron chi connectivity index (χ1n) is 7.23. The summed E-state index contributed by atoms with van der Waals surface area (Å²) in [6.45, 7) is 6.21. The second-order valence-electron chi connectivity index (χ2n) is 4.88. The molecule has 21 heavy (non-hydrogen) atoms. The van der Waals surface area contributed by atoms with Crippen molar-refractivity contribution in [3.63, 3.8) is 0 Å². The predicted molar refractivity (Wildman–Crippen MR) is 87.1 cm³/mol. The summed E-state index contributed by atoms with van der Waals surface area (Å²) < 4.78 is 25.8. The van der Waals surface area contributed by atoms with Crippen molar-refractivity contribution >= 4 is 10.0 Å². The Bertz CT molecular complexity index is 559. The molecule has 0 fully saturated rings. The Balaban J connectivity index is 2.68. The van der Waals surface area contributed by atoms with Gasteiger partial charge >= 0.3 is 0 Å². The molecule has 0 atom stereocenters. The van der Waals surface area contributed by atoms with Gasteiger partial charge in [0, 0.05) is 13.1 Å². The first-order valence-corrected chi connectivity index (χ1v) is 8.84. The van der Waals surface area contributed by atoms with Crippen molar-refractivity contribution in [2.75, 3.05) is 19.6 Å². The largest absolute Gasteiger partial charge is 0.313 e. The molecule has 0 radical (unpaired) electrons. The molecule has 1 rings (SSSR count). The highest BCUT2D eigenvalue weighted by Gasteiger charge is 2.19. The zero-order valence-electron chi connectivity index (χ0n) is 12.8. The lowest BCUT2D eigenvalue weighted by atomic mass is 10.1. The maximum atomic E-state index is 12.2. The van der Waals surface area contributed by atoms with E-state index in [0.29, 0.717) is 6.54 Å². The summed E-state index contributed by atoms with van der Waals surface area (Å²) in [6.07, 6.45) is 6.31. The minimum Gasteiger partial charge on any atom is -0.313 e. The van der Waals surface area contributed by atoms with Crippen molar-refractivity contribution in [1.82, 2.24) is 9.62 Å². The van der Waals surface area contributed by atoms with Crippen molar-refractivity contribution in [3.05, 3.63) is 35.4 Å². The quantitative estimate of drug-likeness (QED) is 0.560. The smallest absolute Gasteiger partial charge is 0.219 e. The van der Waals surface area contributed by atoms with E-state index in [2.05, 4.69) is 18.2 Å². The molecular formula is C16H24N2O2S. The van der Waals surface area contributed by atoms with Gasteiger partial charge < -0.3 is 5.32 Å². The monoisotopic (exact) mass is 308 g/mol. The number of sulfonamides is 1. The van der Waals surface area contributed by atoms with Gasteiger partial charge in [0.15, 0.2) is 0 Å². The van der Waals surface area contributed by atoms with Gasteiger partial charge in [0.1, 0.15) is 0 Å². The van der Waals surface area contributed by atoms with E-state index < -0.39 is 10.0 Å². The molecule has 0 amide bonds. The standard InChI is InChI=1S/C16H24N2O2S/c1-4-11-17-13-15-7-9-16(10-8-15)14-21(19,20)18(6-3)12-5-2/h2,7-10,17H,4,6,11-14H2,1,3H3. The summed E-state index contributed by atoms with van der Waals surface area (Å²) in [5, 5.41) is 3.31. The van der Waals surface area contributed by atoms with Gasteiger partial charge in [-0.3, -0.25) is 0 Å². The van der Waals surface area contributed by atoms with Gasteiger partial charge in [0.2, 0.25) is 10.0 Å². The minimum absolute atomic E-state index is 0.00874. The molecule has 4 nitrogen and oxygen atoms in total. The van der Waals surface area contributed by atoms with E-state index in [1.807, 2.05) is 24.3 Å². The summed E-state index contributed by atoms with van der Waals surface area (Å²) in [5.74, 6) is 2.38. The molecule has 1 N–H and O–H groups in total. The summed E-state index contributed by atoms with van der Waals surface area (Å²) in [5.41, 5.74) is 1.94. The molecule has 0 saturated heterocycles. The van der Waals surface area contributed by atoms with Crippen LogP contribution < -0.4 is 5.32 Å². The van der Waals surface area contributed by atoms with Crippen LogP contribution in [0, 0.1) is 12.3 Å². The van der Waals surface area contributed by atoms with Crippen LogP contribution in [0.15, 0.2) is 24.3 Å².